The van der Waals surface area contributed by atoms with Crippen LogP contribution in [-0.2, 0) is 4.79 Å². The Morgan fingerprint density at radius 2 is 2.13 bits per heavy atom. The molecule has 1 rings (SSSR count). The van der Waals surface area contributed by atoms with E-state index in [0.717, 1.165) is 17.6 Å². The van der Waals surface area contributed by atoms with Crippen LogP contribution in [0.1, 0.15) is 27.2 Å². The maximum atomic E-state index is 12.0. The van der Waals surface area contributed by atoms with Crippen LogP contribution in [0.2, 0.25) is 0 Å². The predicted octanol–water partition coefficient (Wildman–Crippen LogP) is 2.69. The molecule has 82 valence electrons. The van der Waals surface area contributed by atoms with Gasteiger partial charge in [0.15, 0.2) is 0 Å². The van der Waals surface area contributed by atoms with Gasteiger partial charge < -0.3 is 4.90 Å². The van der Waals surface area contributed by atoms with Gasteiger partial charge in [-0.3, -0.25) is 4.79 Å². The molecule has 0 N–H and O–H groups in total. The van der Waals surface area contributed by atoms with Crippen molar-refractivity contribution in [3.63, 3.8) is 0 Å². The summed E-state index contributed by atoms with van der Waals surface area (Å²) < 4.78 is 0. The van der Waals surface area contributed by atoms with E-state index in [4.69, 9.17) is 0 Å². The molecule has 0 bridgehead atoms. The van der Waals surface area contributed by atoms with E-state index in [0.29, 0.717) is 0 Å². The number of nitrogens with zero attached hydrogens (tertiary/aromatic N) is 1. The molecule has 0 spiro atoms. The summed E-state index contributed by atoms with van der Waals surface area (Å²) in [5, 5.41) is 0. The molecule has 0 radical (unpaired) electrons. The van der Waals surface area contributed by atoms with E-state index in [2.05, 4.69) is 0 Å². The molecule has 0 atom stereocenters. The Labute approximate surface area is 92.0 Å². The lowest BCUT2D eigenvalue weighted by molar-refractivity contribution is -0.127. The van der Waals surface area contributed by atoms with Gasteiger partial charge in [-0.1, -0.05) is 29.9 Å². The van der Waals surface area contributed by atoms with Crippen LogP contribution in [0.3, 0.4) is 0 Å². The molecule has 1 amide bonds. The Bertz CT molecular complexity index is 334. The third kappa shape index (κ3) is 3.08. The smallest absolute Gasteiger partial charge is 0.250 e. The summed E-state index contributed by atoms with van der Waals surface area (Å²) in [5.74, 6) is 0.129. The first-order valence-corrected chi connectivity index (χ1v) is 5.33. The van der Waals surface area contributed by atoms with E-state index in [1.807, 2.05) is 52.1 Å². The first kappa shape index (κ1) is 11.8. The zero-order chi connectivity index (χ0) is 11.4. The SMILES string of the molecule is CC1=CC=CCC(C(=O)N(C)C(C)C)=C1. The number of allylic oxidation sites excluding steroid dienone is 5. The largest absolute Gasteiger partial charge is 0.340 e. The van der Waals surface area contributed by atoms with Crippen LogP contribution in [0.15, 0.2) is 35.5 Å². The van der Waals surface area contributed by atoms with Gasteiger partial charge in [0, 0.05) is 18.7 Å². The Morgan fingerprint density at radius 3 is 2.73 bits per heavy atom. The molecule has 0 saturated carbocycles. The average Bonchev–Trinajstić information content (AvgIpc) is 2.40. The highest BCUT2D eigenvalue weighted by Crippen LogP contribution is 2.15. The van der Waals surface area contributed by atoms with Crippen molar-refractivity contribution in [1.29, 1.82) is 0 Å². The van der Waals surface area contributed by atoms with Crippen LogP contribution in [0, 0.1) is 0 Å². The van der Waals surface area contributed by atoms with Crippen molar-refractivity contribution < 1.29 is 4.79 Å². The maximum absolute atomic E-state index is 12.0. The second kappa shape index (κ2) is 4.96. The van der Waals surface area contributed by atoms with E-state index in [-0.39, 0.29) is 11.9 Å². The zero-order valence-electron chi connectivity index (χ0n) is 9.95. The fourth-order valence-electron chi connectivity index (χ4n) is 1.41. The Morgan fingerprint density at radius 1 is 1.47 bits per heavy atom. The molecule has 0 aliphatic heterocycles. The van der Waals surface area contributed by atoms with Gasteiger partial charge in [-0.05, 0) is 27.2 Å². The van der Waals surface area contributed by atoms with E-state index >= 15 is 0 Å². The summed E-state index contributed by atoms with van der Waals surface area (Å²) in [5.41, 5.74) is 2.00. The molecular formula is C13H19NO. The molecule has 2 nitrogen and oxygen atoms in total. The molecule has 0 aromatic rings. The topological polar surface area (TPSA) is 20.3 Å². The molecular weight excluding hydrogens is 186 g/mol. The van der Waals surface area contributed by atoms with Crippen molar-refractivity contribution in [2.45, 2.75) is 33.2 Å². The van der Waals surface area contributed by atoms with Crippen molar-refractivity contribution in [3.8, 4) is 0 Å². The molecule has 0 aromatic heterocycles. The van der Waals surface area contributed by atoms with Gasteiger partial charge in [0.1, 0.15) is 0 Å². The number of hydrogen-bond acceptors (Lipinski definition) is 1. The number of hydrogen-bond donors (Lipinski definition) is 0. The van der Waals surface area contributed by atoms with E-state index in [1.165, 1.54) is 0 Å². The van der Waals surface area contributed by atoms with Crippen LogP contribution < -0.4 is 0 Å². The first-order chi connectivity index (χ1) is 7.02. The standard InChI is InChI=1S/C13H19NO/c1-10(2)14(4)13(15)12-8-6-5-7-11(3)9-12/h5-7,9-10H,8H2,1-4H3. The lowest BCUT2D eigenvalue weighted by atomic mass is 10.1. The molecule has 1 aliphatic rings. The molecule has 0 heterocycles. The number of rotatable bonds is 2. The van der Waals surface area contributed by atoms with Crippen molar-refractivity contribution in [3.05, 3.63) is 35.5 Å². The fourth-order valence-corrected chi connectivity index (χ4v) is 1.41. The fraction of sp³-hybridized carbons (Fsp3) is 0.462. The van der Waals surface area contributed by atoms with Gasteiger partial charge >= 0.3 is 0 Å². The summed E-state index contributed by atoms with van der Waals surface area (Å²) in [6.45, 7) is 6.06. The summed E-state index contributed by atoms with van der Waals surface area (Å²) in [4.78, 5) is 13.8. The van der Waals surface area contributed by atoms with Crippen molar-refractivity contribution in [2.24, 2.45) is 0 Å². The first-order valence-electron chi connectivity index (χ1n) is 5.33. The molecule has 0 aromatic carbocycles. The van der Waals surface area contributed by atoms with E-state index in [9.17, 15) is 4.79 Å². The number of likely N-dealkylation sites (N-methyl/N-ethyl adjacent to an activating group) is 1. The van der Waals surface area contributed by atoms with Crippen LogP contribution in [-0.4, -0.2) is 23.9 Å². The average molecular weight is 205 g/mol. The number of amides is 1. The van der Waals surface area contributed by atoms with Crippen LogP contribution >= 0.6 is 0 Å². The van der Waals surface area contributed by atoms with Gasteiger partial charge in [0.25, 0.3) is 0 Å². The quantitative estimate of drug-likeness (QED) is 0.678. The molecule has 15 heavy (non-hydrogen) atoms. The molecule has 0 fully saturated rings. The lowest BCUT2D eigenvalue weighted by Crippen LogP contribution is -2.34. The Kier molecular flexibility index (Phi) is 3.89. The minimum Gasteiger partial charge on any atom is -0.340 e. The molecule has 2 heteroatoms. The second-order valence-electron chi connectivity index (χ2n) is 4.22. The normalized spacial score (nSPS) is 15.8. The summed E-state index contributed by atoms with van der Waals surface area (Å²) >= 11 is 0. The van der Waals surface area contributed by atoms with Gasteiger partial charge in [-0.15, -0.1) is 0 Å². The summed E-state index contributed by atoms with van der Waals surface area (Å²) in [6, 6.07) is 0.245. The van der Waals surface area contributed by atoms with Crippen molar-refractivity contribution in [2.75, 3.05) is 7.05 Å². The van der Waals surface area contributed by atoms with Gasteiger partial charge in [-0.2, -0.15) is 0 Å². The summed E-state index contributed by atoms with van der Waals surface area (Å²) in [6.07, 6.45) is 8.75. The van der Waals surface area contributed by atoms with Crippen molar-refractivity contribution >= 4 is 5.91 Å². The Balaban J connectivity index is 2.85. The molecule has 0 unspecified atom stereocenters. The third-order valence-corrected chi connectivity index (χ3v) is 2.60. The minimum absolute atomic E-state index is 0.129. The molecule has 1 aliphatic carbocycles. The predicted molar refractivity (Wildman–Crippen MR) is 63.5 cm³/mol. The zero-order valence-corrected chi connectivity index (χ0v) is 9.95. The van der Waals surface area contributed by atoms with Crippen LogP contribution in [0.5, 0.6) is 0 Å². The maximum Gasteiger partial charge on any atom is 0.250 e. The number of carbonyl (C=O) groups is 1. The van der Waals surface area contributed by atoms with Crippen LogP contribution in [0.4, 0.5) is 0 Å². The van der Waals surface area contributed by atoms with Gasteiger partial charge in [0.2, 0.25) is 5.91 Å². The van der Waals surface area contributed by atoms with Gasteiger partial charge in [0.05, 0.1) is 0 Å². The molecule has 0 saturated heterocycles. The summed E-state index contributed by atoms with van der Waals surface area (Å²) in [7, 11) is 1.85. The Hall–Kier alpha value is -1.31. The third-order valence-electron chi connectivity index (χ3n) is 2.60. The second-order valence-corrected chi connectivity index (χ2v) is 4.22. The number of carbonyl (C=O) groups excluding carboxylic acids is 1. The highest BCUT2D eigenvalue weighted by atomic mass is 16.2. The minimum atomic E-state index is 0.129. The van der Waals surface area contributed by atoms with Gasteiger partial charge in [-0.25, -0.2) is 0 Å². The van der Waals surface area contributed by atoms with Crippen LogP contribution in [0.25, 0.3) is 0 Å². The monoisotopic (exact) mass is 205 g/mol. The lowest BCUT2D eigenvalue weighted by Gasteiger charge is -2.22. The van der Waals surface area contributed by atoms with E-state index < -0.39 is 0 Å². The van der Waals surface area contributed by atoms with Crippen molar-refractivity contribution in [1.82, 2.24) is 4.90 Å². The van der Waals surface area contributed by atoms with E-state index in [1.54, 1.807) is 4.90 Å². The highest BCUT2D eigenvalue weighted by molar-refractivity contribution is 5.94. The highest BCUT2D eigenvalue weighted by Gasteiger charge is 2.16.